The summed E-state index contributed by atoms with van der Waals surface area (Å²) in [6, 6.07) is 8.77. The first-order valence-electron chi connectivity index (χ1n) is 9.20. The van der Waals surface area contributed by atoms with E-state index in [9.17, 15) is 18.3 Å². The zero-order valence-electron chi connectivity index (χ0n) is 16.2. The molecule has 2 aromatic rings. The molecular weight excluding hydrogens is 416 g/mol. The van der Waals surface area contributed by atoms with Crippen LogP contribution in [0.25, 0.3) is 0 Å². The van der Waals surface area contributed by atoms with E-state index in [4.69, 9.17) is 16.3 Å². The molecule has 0 saturated carbocycles. The van der Waals surface area contributed by atoms with Crippen LogP contribution >= 0.6 is 11.6 Å². The van der Waals surface area contributed by atoms with Crippen molar-refractivity contribution in [1.29, 1.82) is 0 Å². The van der Waals surface area contributed by atoms with Crippen LogP contribution in [0.1, 0.15) is 30.1 Å². The van der Waals surface area contributed by atoms with Gasteiger partial charge in [0.25, 0.3) is 10.0 Å². The number of rotatable bonds is 6. The number of halogens is 1. The quantitative estimate of drug-likeness (QED) is 0.705. The number of piperidine rings is 1. The Hall–Kier alpha value is -2.45. The Kier molecular flexibility index (Phi) is 6.24. The van der Waals surface area contributed by atoms with Crippen LogP contribution in [-0.2, 0) is 10.0 Å². The third-order valence-corrected chi connectivity index (χ3v) is 6.52. The molecule has 2 N–H and O–H groups in total. The van der Waals surface area contributed by atoms with E-state index >= 15 is 0 Å². The molecule has 29 heavy (non-hydrogen) atoms. The Labute approximate surface area is 175 Å². The van der Waals surface area contributed by atoms with Gasteiger partial charge in [-0.2, -0.15) is 0 Å². The molecule has 1 aliphatic rings. The highest BCUT2D eigenvalue weighted by molar-refractivity contribution is 7.92. The fourth-order valence-electron chi connectivity index (χ4n) is 3.50. The topological polar surface area (TPSA) is 95.9 Å². The van der Waals surface area contributed by atoms with Gasteiger partial charge in [0.1, 0.15) is 10.6 Å². The van der Waals surface area contributed by atoms with Gasteiger partial charge in [0.2, 0.25) is 0 Å². The van der Waals surface area contributed by atoms with Crippen molar-refractivity contribution < 1.29 is 23.1 Å². The predicted molar refractivity (Wildman–Crippen MR) is 113 cm³/mol. The minimum Gasteiger partial charge on any atom is -0.495 e. The van der Waals surface area contributed by atoms with E-state index in [1.165, 1.54) is 37.4 Å². The zero-order valence-corrected chi connectivity index (χ0v) is 17.8. The van der Waals surface area contributed by atoms with E-state index in [1.807, 2.05) is 0 Å². The first-order chi connectivity index (χ1) is 13.7. The van der Waals surface area contributed by atoms with Crippen LogP contribution in [0.3, 0.4) is 0 Å². The molecule has 0 amide bonds. The van der Waals surface area contributed by atoms with E-state index < -0.39 is 16.0 Å². The molecule has 2 aromatic carbocycles. The van der Waals surface area contributed by atoms with Gasteiger partial charge >= 0.3 is 5.97 Å². The second-order valence-electron chi connectivity index (χ2n) is 7.13. The van der Waals surface area contributed by atoms with Crippen molar-refractivity contribution in [3.05, 3.63) is 47.0 Å². The summed E-state index contributed by atoms with van der Waals surface area (Å²) in [7, 11) is -2.71. The number of carbonyl (C=O) groups is 1. The molecule has 0 spiro atoms. The lowest BCUT2D eigenvalue weighted by Crippen LogP contribution is -2.35. The molecule has 0 aliphatic carbocycles. The number of methoxy groups -OCH3 is 1. The first-order valence-corrected chi connectivity index (χ1v) is 11.1. The van der Waals surface area contributed by atoms with E-state index in [1.54, 1.807) is 6.07 Å². The van der Waals surface area contributed by atoms with Crippen molar-refractivity contribution in [2.75, 3.05) is 29.8 Å². The number of anilines is 2. The van der Waals surface area contributed by atoms with Gasteiger partial charge in [0.05, 0.1) is 24.0 Å². The highest BCUT2D eigenvalue weighted by atomic mass is 35.5. The van der Waals surface area contributed by atoms with Crippen molar-refractivity contribution in [3.63, 3.8) is 0 Å². The first kappa shape index (κ1) is 21.3. The number of carboxylic acids is 1. The number of sulfonamides is 1. The van der Waals surface area contributed by atoms with Gasteiger partial charge in [0.15, 0.2) is 0 Å². The standard InChI is InChI=1S/C20H23ClN2O5S/c1-13-4-3-9-23(12-13)17-7-5-14(20(24)25)10-16(17)22-29(26,27)19-11-15(21)6-8-18(19)28-2/h5-8,10-11,13,22H,3-4,9,12H2,1-2H3,(H,24,25)/t13-/m1/s1. The maximum atomic E-state index is 13.1. The molecule has 1 saturated heterocycles. The maximum absolute atomic E-state index is 13.1. The molecule has 0 aromatic heterocycles. The van der Waals surface area contributed by atoms with Gasteiger partial charge < -0.3 is 14.7 Å². The van der Waals surface area contributed by atoms with Gasteiger partial charge in [0, 0.05) is 18.1 Å². The largest absolute Gasteiger partial charge is 0.495 e. The van der Waals surface area contributed by atoms with Crippen molar-refractivity contribution in [2.45, 2.75) is 24.7 Å². The van der Waals surface area contributed by atoms with Crippen LogP contribution in [0.4, 0.5) is 11.4 Å². The number of benzene rings is 2. The summed E-state index contributed by atoms with van der Waals surface area (Å²) in [5.74, 6) is -0.533. The van der Waals surface area contributed by atoms with Crippen LogP contribution in [0.2, 0.25) is 5.02 Å². The van der Waals surface area contributed by atoms with Gasteiger partial charge in [-0.05, 0) is 55.2 Å². The highest BCUT2D eigenvalue weighted by Crippen LogP contribution is 2.34. The number of ether oxygens (including phenoxy) is 1. The Morgan fingerprint density at radius 2 is 2.03 bits per heavy atom. The molecule has 1 aliphatic heterocycles. The summed E-state index contributed by atoms with van der Waals surface area (Å²) in [6.07, 6.45) is 2.08. The van der Waals surface area contributed by atoms with Crippen molar-refractivity contribution in [1.82, 2.24) is 0 Å². The summed E-state index contributed by atoms with van der Waals surface area (Å²) in [5.41, 5.74) is 0.849. The average Bonchev–Trinajstić information content (AvgIpc) is 2.67. The fourth-order valence-corrected chi connectivity index (χ4v) is 4.99. The number of nitrogens with one attached hydrogen (secondary N) is 1. The summed E-state index contributed by atoms with van der Waals surface area (Å²) < 4.78 is 33.9. The van der Waals surface area contributed by atoms with Crippen LogP contribution in [0.15, 0.2) is 41.3 Å². The number of carboxylic acid groups (broad SMARTS) is 1. The normalized spacial score (nSPS) is 17.1. The summed E-state index contributed by atoms with van der Waals surface area (Å²) in [4.78, 5) is 13.4. The number of aromatic carboxylic acids is 1. The van der Waals surface area contributed by atoms with E-state index in [0.717, 1.165) is 25.9 Å². The fraction of sp³-hybridized carbons (Fsp3) is 0.350. The molecule has 1 heterocycles. The summed E-state index contributed by atoms with van der Waals surface area (Å²) in [6.45, 7) is 3.67. The summed E-state index contributed by atoms with van der Waals surface area (Å²) in [5, 5.41) is 9.60. The van der Waals surface area contributed by atoms with Gasteiger partial charge in [-0.15, -0.1) is 0 Å². The minimum absolute atomic E-state index is 0.00503. The van der Waals surface area contributed by atoms with Gasteiger partial charge in [-0.3, -0.25) is 4.72 Å². The molecule has 3 rings (SSSR count). The van der Waals surface area contributed by atoms with Crippen molar-refractivity contribution >= 4 is 39.0 Å². The van der Waals surface area contributed by atoms with Crippen LogP contribution in [0, 0.1) is 5.92 Å². The average molecular weight is 439 g/mol. The molecule has 0 bridgehead atoms. The van der Waals surface area contributed by atoms with Crippen LogP contribution in [0.5, 0.6) is 5.75 Å². The van der Waals surface area contributed by atoms with Crippen LogP contribution in [-0.4, -0.2) is 39.7 Å². The van der Waals surface area contributed by atoms with Crippen molar-refractivity contribution in [2.24, 2.45) is 5.92 Å². The SMILES string of the molecule is COc1ccc(Cl)cc1S(=O)(=O)Nc1cc(C(=O)O)ccc1N1CCC[C@@H](C)C1. The third-order valence-electron chi connectivity index (χ3n) is 4.90. The summed E-state index contributed by atoms with van der Waals surface area (Å²) >= 11 is 5.98. The highest BCUT2D eigenvalue weighted by Gasteiger charge is 2.25. The second kappa shape index (κ2) is 8.51. The molecule has 0 radical (unpaired) electrons. The molecule has 7 nitrogen and oxygen atoms in total. The number of nitrogens with zero attached hydrogens (tertiary/aromatic N) is 1. The lowest BCUT2D eigenvalue weighted by molar-refractivity contribution is 0.0697. The number of hydrogen-bond donors (Lipinski definition) is 2. The van der Waals surface area contributed by atoms with E-state index in [0.29, 0.717) is 11.6 Å². The molecule has 1 atom stereocenters. The Bertz CT molecular complexity index is 1030. The van der Waals surface area contributed by atoms with Crippen LogP contribution < -0.4 is 14.4 Å². The predicted octanol–water partition coefficient (Wildman–Crippen LogP) is 4.08. The molecule has 1 fully saturated rings. The zero-order chi connectivity index (χ0) is 21.2. The Morgan fingerprint density at radius 1 is 1.28 bits per heavy atom. The lowest BCUT2D eigenvalue weighted by atomic mass is 9.99. The number of hydrogen-bond acceptors (Lipinski definition) is 5. The monoisotopic (exact) mass is 438 g/mol. The molecule has 156 valence electrons. The Balaban J connectivity index is 2.05. The van der Waals surface area contributed by atoms with Gasteiger partial charge in [-0.1, -0.05) is 18.5 Å². The second-order valence-corrected chi connectivity index (χ2v) is 9.22. The van der Waals surface area contributed by atoms with Crippen molar-refractivity contribution in [3.8, 4) is 5.75 Å². The molecular formula is C20H23ClN2O5S. The third kappa shape index (κ3) is 4.76. The van der Waals surface area contributed by atoms with E-state index in [-0.39, 0.29) is 26.9 Å². The minimum atomic E-state index is -4.07. The maximum Gasteiger partial charge on any atom is 0.335 e. The molecule has 9 heteroatoms. The lowest BCUT2D eigenvalue weighted by Gasteiger charge is -2.34. The Morgan fingerprint density at radius 3 is 2.69 bits per heavy atom. The smallest absolute Gasteiger partial charge is 0.335 e. The van der Waals surface area contributed by atoms with E-state index in [2.05, 4.69) is 16.5 Å². The van der Waals surface area contributed by atoms with Gasteiger partial charge in [-0.25, -0.2) is 13.2 Å². The molecule has 0 unspecified atom stereocenters.